The van der Waals surface area contributed by atoms with E-state index in [4.69, 9.17) is 11.6 Å². The number of nitrogens with zero attached hydrogens (tertiary/aromatic N) is 2. The van der Waals surface area contributed by atoms with E-state index in [0.717, 1.165) is 29.4 Å². The van der Waals surface area contributed by atoms with Crippen LogP contribution in [0.1, 0.15) is 12.2 Å². The number of benzene rings is 1. The summed E-state index contributed by atoms with van der Waals surface area (Å²) in [4.78, 5) is 5.58. The van der Waals surface area contributed by atoms with Crippen molar-refractivity contribution in [3.8, 4) is 0 Å². The molecule has 5 heteroatoms. The Hall–Kier alpha value is -0.970. The molecule has 0 spiro atoms. The van der Waals surface area contributed by atoms with Crippen LogP contribution < -0.4 is 5.32 Å². The van der Waals surface area contributed by atoms with Gasteiger partial charge in [0.2, 0.25) is 0 Å². The Balaban J connectivity index is 1.82. The van der Waals surface area contributed by atoms with Crippen LogP contribution >= 0.6 is 23.4 Å². The van der Waals surface area contributed by atoms with Gasteiger partial charge >= 0.3 is 0 Å². The summed E-state index contributed by atoms with van der Waals surface area (Å²) in [6.07, 6.45) is 5.91. The molecule has 0 amide bonds. The highest BCUT2D eigenvalue weighted by atomic mass is 35.5. The summed E-state index contributed by atoms with van der Waals surface area (Å²) < 4.78 is 2.08. The molecule has 0 saturated carbocycles. The third-order valence-corrected chi connectivity index (χ3v) is 4.68. The molecule has 0 aliphatic carbocycles. The SMILES string of the molecule is CNC(CCc1nccn1C)CSc1cccc(Cl)c1. The van der Waals surface area contributed by atoms with Gasteiger partial charge in [0.1, 0.15) is 5.82 Å². The Morgan fingerprint density at radius 1 is 1.45 bits per heavy atom. The van der Waals surface area contributed by atoms with E-state index in [-0.39, 0.29) is 0 Å². The number of aryl methyl sites for hydroxylation is 2. The molecule has 2 rings (SSSR count). The van der Waals surface area contributed by atoms with Gasteiger partial charge in [0.25, 0.3) is 0 Å². The van der Waals surface area contributed by atoms with Crippen LogP contribution in [0.15, 0.2) is 41.6 Å². The van der Waals surface area contributed by atoms with Gasteiger partial charge in [-0.1, -0.05) is 17.7 Å². The van der Waals surface area contributed by atoms with Gasteiger partial charge in [-0.3, -0.25) is 0 Å². The summed E-state index contributed by atoms with van der Waals surface area (Å²) in [5, 5.41) is 4.17. The van der Waals surface area contributed by atoms with Crippen molar-refractivity contribution in [3.05, 3.63) is 47.5 Å². The van der Waals surface area contributed by atoms with Crippen LogP contribution in [0.25, 0.3) is 0 Å². The number of nitrogens with one attached hydrogen (secondary N) is 1. The monoisotopic (exact) mass is 309 g/mol. The van der Waals surface area contributed by atoms with Crippen LogP contribution in [-0.2, 0) is 13.5 Å². The molecule has 0 aliphatic rings. The third kappa shape index (κ3) is 4.54. The summed E-state index contributed by atoms with van der Waals surface area (Å²) in [5.74, 6) is 2.17. The van der Waals surface area contributed by atoms with Crippen LogP contribution in [0, 0.1) is 0 Å². The van der Waals surface area contributed by atoms with Gasteiger partial charge in [-0.05, 0) is 31.7 Å². The minimum absolute atomic E-state index is 0.468. The van der Waals surface area contributed by atoms with Crippen LogP contribution in [0.5, 0.6) is 0 Å². The average Bonchev–Trinajstić information content (AvgIpc) is 2.85. The smallest absolute Gasteiger partial charge is 0.108 e. The maximum Gasteiger partial charge on any atom is 0.108 e. The van der Waals surface area contributed by atoms with E-state index in [1.165, 1.54) is 4.90 Å². The molecule has 0 fully saturated rings. The summed E-state index contributed by atoms with van der Waals surface area (Å²) >= 11 is 7.83. The van der Waals surface area contributed by atoms with E-state index < -0.39 is 0 Å². The Morgan fingerprint density at radius 3 is 2.95 bits per heavy atom. The summed E-state index contributed by atoms with van der Waals surface area (Å²) in [7, 11) is 4.05. The number of rotatable bonds is 7. The van der Waals surface area contributed by atoms with Crippen molar-refractivity contribution in [1.82, 2.24) is 14.9 Å². The molecule has 1 unspecified atom stereocenters. The second-order valence-electron chi connectivity index (χ2n) is 4.75. The fraction of sp³-hybridized carbons (Fsp3) is 0.400. The average molecular weight is 310 g/mol. The lowest BCUT2D eigenvalue weighted by Gasteiger charge is -2.15. The van der Waals surface area contributed by atoms with E-state index in [2.05, 4.69) is 20.9 Å². The van der Waals surface area contributed by atoms with Gasteiger partial charge in [0.15, 0.2) is 0 Å². The van der Waals surface area contributed by atoms with Crippen molar-refractivity contribution < 1.29 is 0 Å². The van der Waals surface area contributed by atoms with E-state index in [1.807, 2.05) is 56.5 Å². The van der Waals surface area contributed by atoms with Crippen molar-refractivity contribution in [2.75, 3.05) is 12.8 Å². The highest BCUT2D eigenvalue weighted by Crippen LogP contribution is 2.23. The normalized spacial score (nSPS) is 12.6. The van der Waals surface area contributed by atoms with E-state index >= 15 is 0 Å². The quantitative estimate of drug-likeness (QED) is 0.795. The number of hydrogen-bond donors (Lipinski definition) is 1. The zero-order valence-corrected chi connectivity index (χ0v) is 13.4. The minimum atomic E-state index is 0.468. The lowest BCUT2D eigenvalue weighted by atomic mass is 10.2. The van der Waals surface area contributed by atoms with Crippen molar-refractivity contribution in [2.45, 2.75) is 23.8 Å². The Bertz CT molecular complexity index is 541. The van der Waals surface area contributed by atoms with Gasteiger partial charge < -0.3 is 9.88 Å². The molecular formula is C15H20ClN3S. The van der Waals surface area contributed by atoms with Gasteiger partial charge in [-0.2, -0.15) is 0 Å². The second-order valence-corrected chi connectivity index (χ2v) is 6.28. The van der Waals surface area contributed by atoms with Gasteiger partial charge in [-0.15, -0.1) is 11.8 Å². The van der Waals surface area contributed by atoms with Gasteiger partial charge in [0.05, 0.1) is 0 Å². The maximum absolute atomic E-state index is 6.00. The number of hydrogen-bond acceptors (Lipinski definition) is 3. The molecule has 2 aromatic rings. The second kappa shape index (κ2) is 7.72. The zero-order chi connectivity index (χ0) is 14.4. The molecule has 0 saturated heterocycles. The van der Waals surface area contributed by atoms with Gasteiger partial charge in [-0.25, -0.2) is 4.98 Å². The minimum Gasteiger partial charge on any atom is -0.338 e. The highest BCUT2D eigenvalue weighted by molar-refractivity contribution is 7.99. The predicted octanol–water partition coefficient (Wildman–Crippen LogP) is 3.39. The lowest BCUT2D eigenvalue weighted by molar-refractivity contribution is 0.557. The first kappa shape index (κ1) is 15.4. The van der Waals surface area contributed by atoms with E-state index in [0.29, 0.717) is 6.04 Å². The zero-order valence-electron chi connectivity index (χ0n) is 11.8. The fourth-order valence-corrected chi connectivity index (χ4v) is 3.37. The Morgan fingerprint density at radius 2 is 2.30 bits per heavy atom. The van der Waals surface area contributed by atoms with E-state index in [9.17, 15) is 0 Å². The Labute approximate surface area is 129 Å². The standard InChI is InChI=1S/C15H20ClN3S/c1-17-13(6-7-15-18-8-9-19(15)2)11-20-14-5-3-4-12(16)10-14/h3-5,8-10,13,17H,6-7,11H2,1-2H3. The Kier molecular flexibility index (Phi) is 5.95. The lowest BCUT2D eigenvalue weighted by Crippen LogP contribution is -2.28. The molecule has 1 aromatic heterocycles. The van der Waals surface area contributed by atoms with Crippen molar-refractivity contribution in [3.63, 3.8) is 0 Å². The highest BCUT2D eigenvalue weighted by Gasteiger charge is 2.09. The van der Waals surface area contributed by atoms with Gasteiger partial charge in [0, 0.05) is 47.6 Å². The molecule has 1 N–H and O–H groups in total. The van der Waals surface area contributed by atoms with Crippen LogP contribution in [0.2, 0.25) is 5.02 Å². The van der Waals surface area contributed by atoms with Crippen molar-refractivity contribution in [1.29, 1.82) is 0 Å². The molecule has 3 nitrogen and oxygen atoms in total. The van der Waals surface area contributed by atoms with Crippen LogP contribution in [-0.4, -0.2) is 28.4 Å². The molecule has 1 heterocycles. The summed E-state index contributed by atoms with van der Waals surface area (Å²) in [6.45, 7) is 0. The largest absolute Gasteiger partial charge is 0.338 e. The summed E-state index contributed by atoms with van der Waals surface area (Å²) in [5.41, 5.74) is 0. The molecule has 1 aromatic carbocycles. The molecule has 20 heavy (non-hydrogen) atoms. The third-order valence-electron chi connectivity index (χ3n) is 3.29. The first-order chi connectivity index (χ1) is 9.69. The molecule has 1 atom stereocenters. The molecule has 0 aliphatic heterocycles. The number of aromatic nitrogens is 2. The van der Waals surface area contributed by atoms with Crippen molar-refractivity contribution >= 4 is 23.4 Å². The molecule has 0 radical (unpaired) electrons. The predicted molar refractivity (Wildman–Crippen MR) is 86.6 cm³/mol. The number of halogens is 1. The summed E-state index contributed by atoms with van der Waals surface area (Å²) in [6, 6.07) is 8.48. The first-order valence-corrected chi connectivity index (χ1v) is 8.07. The van der Waals surface area contributed by atoms with Crippen LogP contribution in [0.4, 0.5) is 0 Å². The topological polar surface area (TPSA) is 29.9 Å². The van der Waals surface area contributed by atoms with Crippen molar-refractivity contribution in [2.24, 2.45) is 7.05 Å². The molecule has 0 bridgehead atoms. The molecule has 108 valence electrons. The fourth-order valence-electron chi connectivity index (χ4n) is 2.01. The number of imidazole rings is 1. The number of thioether (sulfide) groups is 1. The maximum atomic E-state index is 6.00. The van der Waals surface area contributed by atoms with E-state index in [1.54, 1.807) is 0 Å². The first-order valence-electron chi connectivity index (χ1n) is 6.71. The van der Waals surface area contributed by atoms with Crippen LogP contribution in [0.3, 0.4) is 0 Å². The molecular weight excluding hydrogens is 290 g/mol.